The Morgan fingerprint density at radius 1 is 1.17 bits per heavy atom. The summed E-state index contributed by atoms with van der Waals surface area (Å²) in [5, 5.41) is 6.16. The van der Waals surface area contributed by atoms with Crippen molar-refractivity contribution in [1.29, 1.82) is 0 Å². The summed E-state index contributed by atoms with van der Waals surface area (Å²) in [6, 6.07) is 11.8. The van der Waals surface area contributed by atoms with Gasteiger partial charge in [0.1, 0.15) is 5.82 Å². The molecule has 2 N–H and O–H groups in total. The second-order valence-corrected chi connectivity index (χ2v) is 5.94. The van der Waals surface area contributed by atoms with Gasteiger partial charge in [-0.3, -0.25) is 4.79 Å². The smallest absolute Gasteiger partial charge is 0.251 e. The lowest BCUT2D eigenvalue weighted by molar-refractivity contribution is 0.0953. The first-order valence-corrected chi connectivity index (χ1v) is 8.21. The maximum absolute atomic E-state index is 12.1. The van der Waals surface area contributed by atoms with E-state index in [0.717, 1.165) is 18.5 Å². The number of anilines is 2. The van der Waals surface area contributed by atoms with E-state index in [1.54, 1.807) is 18.3 Å². The summed E-state index contributed by atoms with van der Waals surface area (Å²) in [6.07, 6.45) is 3.71. The van der Waals surface area contributed by atoms with Crippen molar-refractivity contribution in [2.75, 3.05) is 11.9 Å². The molecule has 4 heteroatoms. The van der Waals surface area contributed by atoms with Gasteiger partial charge in [0.15, 0.2) is 0 Å². The lowest BCUT2D eigenvalue weighted by Crippen LogP contribution is -2.24. The highest BCUT2D eigenvalue weighted by Crippen LogP contribution is 2.20. The van der Waals surface area contributed by atoms with Crippen molar-refractivity contribution in [1.82, 2.24) is 10.3 Å². The molecule has 1 aromatic heterocycles. The van der Waals surface area contributed by atoms with Gasteiger partial charge in [0.2, 0.25) is 0 Å². The normalized spacial score (nSPS) is 10.6. The van der Waals surface area contributed by atoms with Gasteiger partial charge in [0.05, 0.1) is 0 Å². The first-order valence-electron chi connectivity index (χ1n) is 8.21. The van der Waals surface area contributed by atoms with Crippen LogP contribution in [0.4, 0.5) is 11.5 Å². The van der Waals surface area contributed by atoms with Crippen molar-refractivity contribution in [3.8, 4) is 0 Å². The zero-order chi connectivity index (χ0) is 16.7. The Morgan fingerprint density at radius 2 is 1.91 bits per heavy atom. The molecule has 23 heavy (non-hydrogen) atoms. The number of nitrogens with one attached hydrogen (secondary N) is 2. The molecular weight excluding hydrogens is 286 g/mol. The fraction of sp³-hybridized carbons (Fsp3) is 0.368. The Morgan fingerprint density at radius 3 is 2.57 bits per heavy atom. The van der Waals surface area contributed by atoms with Gasteiger partial charge in [-0.1, -0.05) is 39.3 Å². The van der Waals surface area contributed by atoms with Crippen LogP contribution in [0.15, 0.2) is 42.6 Å². The minimum Gasteiger partial charge on any atom is -0.352 e. The molecule has 0 bridgehead atoms. The molecule has 4 nitrogen and oxygen atoms in total. The second kappa shape index (κ2) is 8.32. The third kappa shape index (κ3) is 5.09. The number of carbonyl (C=O) groups is 1. The molecular formula is C19H25N3O. The monoisotopic (exact) mass is 311 g/mol. The fourth-order valence-electron chi connectivity index (χ4n) is 2.22. The van der Waals surface area contributed by atoms with Crippen LogP contribution in [-0.2, 0) is 0 Å². The van der Waals surface area contributed by atoms with Gasteiger partial charge < -0.3 is 10.6 Å². The molecule has 1 amide bonds. The first kappa shape index (κ1) is 17.0. The number of carbonyl (C=O) groups excluding carboxylic acids is 1. The van der Waals surface area contributed by atoms with Crippen molar-refractivity contribution in [3.05, 3.63) is 53.7 Å². The van der Waals surface area contributed by atoms with E-state index in [1.165, 1.54) is 5.56 Å². The van der Waals surface area contributed by atoms with Gasteiger partial charge in [-0.25, -0.2) is 4.98 Å². The van der Waals surface area contributed by atoms with Gasteiger partial charge in [-0.05, 0) is 42.2 Å². The SMILES string of the molecule is CCCCNC(=O)c1ccnc(Nc2ccc(C(C)C)cc2)c1. The van der Waals surface area contributed by atoms with Crippen molar-refractivity contribution >= 4 is 17.4 Å². The molecule has 0 radical (unpaired) electrons. The van der Waals surface area contributed by atoms with Gasteiger partial charge >= 0.3 is 0 Å². The molecule has 0 saturated carbocycles. The van der Waals surface area contributed by atoms with E-state index in [1.807, 2.05) is 12.1 Å². The molecule has 0 aliphatic carbocycles. The molecule has 0 aliphatic rings. The number of hydrogen-bond donors (Lipinski definition) is 2. The highest BCUT2D eigenvalue weighted by Gasteiger charge is 2.06. The van der Waals surface area contributed by atoms with Gasteiger partial charge in [0.25, 0.3) is 5.91 Å². The average Bonchev–Trinajstić information content (AvgIpc) is 2.56. The fourth-order valence-corrected chi connectivity index (χ4v) is 2.22. The Hall–Kier alpha value is -2.36. The van der Waals surface area contributed by atoms with Crippen molar-refractivity contribution in [2.24, 2.45) is 0 Å². The van der Waals surface area contributed by atoms with Crippen LogP contribution >= 0.6 is 0 Å². The molecule has 0 atom stereocenters. The molecule has 2 aromatic rings. The number of aromatic nitrogens is 1. The number of unbranched alkanes of at least 4 members (excludes halogenated alkanes) is 1. The van der Waals surface area contributed by atoms with E-state index in [9.17, 15) is 4.79 Å². The van der Waals surface area contributed by atoms with E-state index in [4.69, 9.17) is 0 Å². The Balaban J connectivity index is 2.03. The van der Waals surface area contributed by atoms with E-state index >= 15 is 0 Å². The van der Waals surface area contributed by atoms with E-state index in [0.29, 0.717) is 23.8 Å². The highest BCUT2D eigenvalue weighted by atomic mass is 16.1. The molecule has 0 saturated heterocycles. The number of hydrogen-bond acceptors (Lipinski definition) is 3. The maximum Gasteiger partial charge on any atom is 0.251 e. The highest BCUT2D eigenvalue weighted by molar-refractivity contribution is 5.94. The van der Waals surface area contributed by atoms with Crippen LogP contribution in [0.25, 0.3) is 0 Å². The zero-order valence-electron chi connectivity index (χ0n) is 14.1. The number of benzene rings is 1. The number of pyridine rings is 1. The molecule has 0 spiro atoms. The van der Waals surface area contributed by atoms with Crippen LogP contribution in [0.2, 0.25) is 0 Å². The molecule has 0 fully saturated rings. The van der Waals surface area contributed by atoms with Crippen LogP contribution in [0.5, 0.6) is 0 Å². The number of rotatable bonds is 7. The van der Waals surface area contributed by atoms with Crippen molar-refractivity contribution < 1.29 is 4.79 Å². The zero-order valence-corrected chi connectivity index (χ0v) is 14.1. The summed E-state index contributed by atoms with van der Waals surface area (Å²) >= 11 is 0. The molecule has 122 valence electrons. The topological polar surface area (TPSA) is 54.0 Å². The maximum atomic E-state index is 12.1. The standard InChI is InChI=1S/C19H25N3O/c1-4-5-11-21-19(23)16-10-12-20-18(13-16)22-17-8-6-15(7-9-17)14(2)3/h6-10,12-14H,4-5,11H2,1-3H3,(H,20,22)(H,21,23). The van der Waals surface area contributed by atoms with E-state index < -0.39 is 0 Å². The van der Waals surface area contributed by atoms with Crippen LogP contribution < -0.4 is 10.6 Å². The Kier molecular flexibility index (Phi) is 6.15. The predicted molar refractivity (Wildman–Crippen MR) is 95.3 cm³/mol. The largest absolute Gasteiger partial charge is 0.352 e. The van der Waals surface area contributed by atoms with Gasteiger partial charge in [0, 0.05) is 24.0 Å². The summed E-state index contributed by atoms with van der Waals surface area (Å²) in [5.74, 6) is 1.13. The Bertz CT molecular complexity index is 635. The second-order valence-electron chi connectivity index (χ2n) is 5.94. The van der Waals surface area contributed by atoms with E-state index in [2.05, 4.69) is 48.5 Å². The van der Waals surface area contributed by atoms with Crippen LogP contribution in [-0.4, -0.2) is 17.4 Å². The third-order valence-electron chi connectivity index (χ3n) is 3.69. The van der Waals surface area contributed by atoms with E-state index in [-0.39, 0.29) is 5.91 Å². The number of nitrogens with zero attached hydrogens (tertiary/aromatic N) is 1. The summed E-state index contributed by atoms with van der Waals surface area (Å²) in [5.41, 5.74) is 2.88. The van der Waals surface area contributed by atoms with Gasteiger partial charge in [-0.2, -0.15) is 0 Å². The first-order chi connectivity index (χ1) is 11.1. The molecule has 1 heterocycles. The van der Waals surface area contributed by atoms with Crippen molar-refractivity contribution in [3.63, 3.8) is 0 Å². The molecule has 1 aromatic carbocycles. The van der Waals surface area contributed by atoms with Crippen LogP contribution in [0.3, 0.4) is 0 Å². The molecule has 0 aliphatic heterocycles. The van der Waals surface area contributed by atoms with Gasteiger partial charge in [-0.15, -0.1) is 0 Å². The quantitative estimate of drug-likeness (QED) is 0.741. The predicted octanol–water partition coefficient (Wildman–Crippen LogP) is 4.48. The van der Waals surface area contributed by atoms with Crippen LogP contribution in [0, 0.1) is 0 Å². The summed E-state index contributed by atoms with van der Waals surface area (Å²) < 4.78 is 0. The summed E-state index contributed by atoms with van der Waals surface area (Å²) in [7, 11) is 0. The molecule has 0 unspecified atom stereocenters. The summed E-state index contributed by atoms with van der Waals surface area (Å²) in [6.45, 7) is 7.15. The Labute approximate surface area is 138 Å². The number of amides is 1. The molecule has 2 rings (SSSR count). The minimum absolute atomic E-state index is 0.0564. The van der Waals surface area contributed by atoms with Crippen molar-refractivity contribution in [2.45, 2.75) is 39.5 Å². The third-order valence-corrected chi connectivity index (χ3v) is 3.69. The lowest BCUT2D eigenvalue weighted by atomic mass is 10.0. The summed E-state index contributed by atoms with van der Waals surface area (Å²) in [4.78, 5) is 16.4. The van der Waals surface area contributed by atoms with Crippen LogP contribution in [0.1, 0.15) is 55.5 Å². The average molecular weight is 311 g/mol. The lowest BCUT2D eigenvalue weighted by Gasteiger charge is -2.10. The minimum atomic E-state index is -0.0564.